The molecule has 0 fully saturated rings. The van der Waals surface area contributed by atoms with Crippen molar-refractivity contribution in [1.29, 1.82) is 0 Å². The monoisotopic (exact) mass is 803 g/mol. The van der Waals surface area contributed by atoms with Crippen molar-refractivity contribution in [3.05, 3.63) is 0 Å². The van der Waals surface area contributed by atoms with Crippen LogP contribution in [0.2, 0.25) is 0 Å². The van der Waals surface area contributed by atoms with E-state index >= 15 is 0 Å². The molecule has 56 heavy (non-hydrogen) atoms. The third-order valence-corrected chi connectivity index (χ3v) is 8.38. The van der Waals surface area contributed by atoms with E-state index in [-0.39, 0.29) is 64.5 Å². The van der Waals surface area contributed by atoms with Crippen LogP contribution < -0.4 is 38.5 Å². The Morgan fingerprint density at radius 2 is 0.750 bits per heavy atom. The number of aliphatic carboxylic acids is 4. The van der Waals surface area contributed by atoms with Gasteiger partial charge in [-0.05, 0) is 103 Å². The number of carboxylic acids is 4. The number of nitrogens with two attached hydrogens (primary N) is 3. The summed E-state index contributed by atoms with van der Waals surface area (Å²) in [6.07, 6.45) is 3.03. The molecular weight excluding hydrogens is 742 g/mol. The molecule has 0 aromatic rings. The van der Waals surface area contributed by atoms with Gasteiger partial charge in [0.15, 0.2) is 0 Å². The van der Waals surface area contributed by atoms with Crippen LogP contribution in [-0.2, 0) is 43.2 Å². The van der Waals surface area contributed by atoms with E-state index < -0.39 is 104 Å². The molecule has 0 bridgehead atoms. The third kappa shape index (κ3) is 25.2. The molecule has 0 aromatic heterocycles. The average molecular weight is 804 g/mol. The minimum atomic E-state index is -1.32. The Morgan fingerprint density at radius 3 is 1.04 bits per heavy atom. The molecule has 0 saturated heterocycles. The molecule has 0 saturated carbocycles. The lowest BCUT2D eigenvalue weighted by Gasteiger charge is -2.27. The van der Waals surface area contributed by atoms with Crippen molar-refractivity contribution < 1.29 is 63.6 Å². The number of hydrogen-bond acceptors (Lipinski definition) is 13. The molecule has 0 aromatic carbocycles. The van der Waals surface area contributed by atoms with Crippen molar-refractivity contribution in [1.82, 2.24) is 31.1 Å². The summed E-state index contributed by atoms with van der Waals surface area (Å²) in [7, 11) is 0. The number of hydrogen-bond donors (Lipinski definition) is 11. The number of amides is 5. The zero-order valence-electron chi connectivity index (χ0n) is 32.0. The van der Waals surface area contributed by atoms with Crippen molar-refractivity contribution in [3.8, 4) is 0 Å². The topological polar surface area (TPSA) is 367 Å². The maximum absolute atomic E-state index is 13.9. The van der Waals surface area contributed by atoms with Gasteiger partial charge in [-0.2, -0.15) is 0 Å². The fourth-order valence-corrected chi connectivity index (χ4v) is 5.70. The molecule has 22 nitrogen and oxygen atoms in total. The van der Waals surface area contributed by atoms with E-state index in [0.29, 0.717) is 38.8 Å². The van der Waals surface area contributed by atoms with Gasteiger partial charge < -0.3 is 58.9 Å². The van der Waals surface area contributed by atoms with E-state index in [0.717, 1.165) is 0 Å². The van der Waals surface area contributed by atoms with Gasteiger partial charge in [-0.1, -0.05) is 0 Å². The number of nitrogens with one attached hydrogen (secondary N) is 4. The van der Waals surface area contributed by atoms with Gasteiger partial charge in [0.2, 0.25) is 29.5 Å². The molecule has 0 unspecified atom stereocenters. The Labute approximate surface area is 325 Å². The fraction of sp³-hybridized carbons (Fsp3) is 0.735. The van der Waals surface area contributed by atoms with Crippen LogP contribution in [0.4, 0.5) is 0 Å². The highest BCUT2D eigenvalue weighted by molar-refractivity contribution is 5.95. The second-order valence-corrected chi connectivity index (χ2v) is 13.4. The Bertz CT molecular complexity index is 1270. The van der Waals surface area contributed by atoms with E-state index in [1.165, 1.54) is 16.7 Å². The molecule has 4 atom stereocenters. The maximum atomic E-state index is 13.9. The summed E-state index contributed by atoms with van der Waals surface area (Å²) in [6, 6.07) is -4.78. The number of unbranched alkanes of at least 4 members (excludes halogenated alkanes) is 4. The molecule has 22 heteroatoms. The minimum absolute atomic E-state index is 0.0258. The largest absolute Gasteiger partial charge is 0.480 e. The highest BCUT2D eigenvalue weighted by Crippen LogP contribution is 2.11. The summed E-state index contributed by atoms with van der Waals surface area (Å²) in [5.41, 5.74) is 16.6. The van der Waals surface area contributed by atoms with Crippen molar-refractivity contribution in [2.24, 2.45) is 17.2 Å². The summed E-state index contributed by atoms with van der Waals surface area (Å²) in [6.45, 7) is -0.252. The first-order valence-corrected chi connectivity index (χ1v) is 18.6. The van der Waals surface area contributed by atoms with Gasteiger partial charge in [-0.3, -0.25) is 53.0 Å². The summed E-state index contributed by atoms with van der Waals surface area (Å²) in [5.74, 6) is -8.63. The van der Waals surface area contributed by atoms with E-state index in [2.05, 4.69) is 21.3 Å². The molecule has 0 aliphatic carbocycles. The predicted molar refractivity (Wildman–Crippen MR) is 200 cm³/mol. The first-order chi connectivity index (χ1) is 26.4. The number of rotatable bonds is 34. The summed E-state index contributed by atoms with van der Waals surface area (Å²) in [5, 5.41) is 47.0. The molecule has 320 valence electrons. The van der Waals surface area contributed by atoms with Crippen LogP contribution in [-0.4, -0.2) is 160 Å². The molecule has 5 amide bonds. The van der Waals surface area contributed by atoms with Crippen LogP contribution in [0.3, 0.4) is 0 Å². The Kier molecular flexibility index (Phi) is 26.8. The summed E-state index contributed by atoms with van der Waals surface area (Å²) in [4.78, 5) is 112. The van der Waals surface area contributed by atoms with E-state index in [4.69, 9.17) is 37.6 Å². The Balaban J connectivity index is 6.36. The van der Waals surface area contributed by atoms with Gasteiger partial charge in [0, 0.05) is 6.92 Å². The number of primary amides is 1. The first kappa shape index (κ1) is 51.1. The van der Waals surface area contributed by atoms with Crippen LogP contribution >= 0.6 is 0 Å². The van der Waals surface area contributed by atoms with E-state index in [9.17, 15) is 43.2 Å². The molecule has 0 rings (SSSR count). The molecule has 0 radical (unpaired) electrons. The highest BCUT2D eigenvalue weighted by atomic mass is 16.4. The number of carbonyl (C=O) groups excluding carboxylic acids is 5. The van der Waals surface area contributed by atoms with Gasteiger partial charge in [0.05, 0.1) is 26.2 Å². The summed E-state index contributed by atoms with van der Waals surface area (Å²) < 4.78 is 0. The molecule has 0 aliphatic rings. The van der Waals surface area contributed by atoms with Crippen LogP contribution in [0.25, 0.3) is 0 Å². The van der Waals surface area contributed by atoms with Gasteiger partial charge in [-0.25, -0.2) is 0 Å². The van der Waals surface area contributed by atoms with Crippen LogP contribution in [0.5, 0.6) is 0 Å². The number of carbonyl (C=O) groups is 9. The van der Waals surface area contributed by atoms with Crippen molar-refractivity contribution in [2.45, 2.75) is 108 Å². The van der Waals surface area contributed by atoms with Gasteiger partial charge >= 0.3 is 23.9 Å². The zero-order valence-corrected chi connectivity index (χ0v) is 32.0. The quantitative estimate of drug-likeness (QED) is 0.0288. The van der Waals surface area contributed by atoms with Gasteiger partial charge in [0.25, 0.3) is 0 Å². The van der Waals surface area contributed by atoms with Crippen molar-refractivity contribution >= 4 is 53.4 Å². The van der Waals surface area contributed by atoms with Gasteiger partial charge in [0.1, 0.15) is 24.2 Å². The lowest BCUT2D eigenvalue weighted by molar-refractivity contribution is -0.143. The zero-order chi connectivity index (χ0) is 42.6. The lowest BCUT2D eigenvalue weighted by atomic mass is 10.0. The molecule has 0 aliphatic heterocycles. The SMILES string of the molecule is CC(=O)N[C@@H](CCCCN)C(=O)N[C@@H](CCCCN(CC(=O)O)CC(=O)O)C(=O)N[C@@H](CCCCN(CC(=O)O)CC(=O)O)C(=O)N[C@@H](CCCCN)C(N)=O. The molecular formula is C34H61N9O13. The fourth-order valence-electron chi connectivity index (χ4n) is 5.70. The summed E-state index contributed by atoms with van der Waals surface area (Å²) >= 11 is 0. The smallest absolute Gasteiger partial charge is 0.317 e. The molecule has 0 heterocycles. The second-order valence-electron chi connectivity index (χ2n) is 13.4. The first-order valence-electron chi connectivity index (χ1n) is 18.6. The normalized spacial score (nSPS) is 13.2. The van der Waals surface area contributed by atoms with Crippen LogP contribution in [0.15, 0.2) is 0 Å². The molecule has 14 N–H and O–H groups in total. The number of carboxylic acid groups (broad SMARTS) is 4. The lowest BCUT2D eigenvalue weighted by Crippen LogP contribution is -2.58. The Hall–Kier alpha value is -4.93. The third-order valence-electron chi connectivity index (χ3n) is 8.38. The minimum Gasteiger partial charge on any atom is -0.480 e. The molecule has 0 spiro atoms. The second kappa shape index (κ2) is 29.4. The Morgan fingerprint density at radius 1 is 0.464 bits per heavy atom. The van der Waals surface area contributed by atoms with Crippen LogP contribution in [0.1, 0.15) is 84.0 Å². The highest BCUT2D eigenvalue weighted by Gasteiger charge is 2.31. The van der Waals surface area contributed by atoms with E-state index in [1.807, 2.05) is 0 Å². The average Bonchev–Trinajstić information content (AvgIpc) is 3.08. The standard InChI is InChI=1S/C34H61N9O13/c1-22(44)38-24(11-3-7-15-36)32(54)40-26(13-5-9-17-43(20-29(49)50)21-30(51)52)34(56)41-25(33(55)39-23(31(37)53)10-2-6-14-35)12-4-8-16-42(18-27(45)46)19-28(47)48/h23-26H,2-21,35-36H2,1H3,(H2,37,53)(H,38,44)(H,39,55)(H,40,54)(H,41,56)(H,45,46)(H,47,48)(H,49,50)(H,51,52)/t23-,24-,25-,26-/m0/s1. The van der Waals surface area contributed by atoms with Crippen molar-refractivity contribution in [3.63, 3.8) is 0 Å². The predicted octanol–water partition coefficient (Wildman–Crippen LogP) is -3.03. The number of nitrogens with zero attached hydrogens (tertiary/aromatic N) is 2. The van der Waals surface area contributed by atoms with Gasteiger partial charge in [-0.15, -0.1) is 0 Å². The van der Waals surface area contributed by atoms with Crippen LogP contribution in [0, 0.1) is 0 Å². The van der Waals surface area contributed by atoms with Crippen molar-refractivity contribution in [2.75, 3.05) is 52.4 Å². The maximum Gasteiger partial charge on any atom is 0.317 e. The van der Waals surface area contributed by atoms with E-state index in [1.54, 1.807) is 0 Å².